The number of rotatable bonds is 5. The molecule has 0 amide bonds. The molecule has 3 N–H and O–H groups in total. The second-order valence-electron chi connectivity index (χ2n) is 7.02. The monoisotopic (exact) mass is 439 g/mol. The predicted octanol–water partition coefficient (Wildman–Crippen LogP) is 0.266. The molecule has 0 saturated carbocycles. The summed E-state index contributed by atoms with van der Waals surface area (Å²) in [6.45, 7) is 5.58. The number of hydrogen-bond donors (Lipinski definition) is 3. The fourth-order valence-corrected chi connectivity index (χ4v) is 5.45. The van der Waals surface area contributed by atoms with Crippen molar-refractivity contribution in [2.75, 3.05) is 13.3 Å². The van der Waals surface area contributed by atoms with Crippen LogP contribution in [0, 0.1) is 0 Å². The number of ether oxygens (including phenoxy) is 5. The molecule has 3 aliphatic rings. The van der Waals surface area contributed by atoms with Crippen molar-refractivity contribution >= 4 is 16.5 Å². The van der Waals surface area contributed by atoms with Crippen LogP contribution < -0.4 is 0 Å². The van der Waals surface area contributed by atoms with Crippen LogP contribution in [0.3, 0.4) is 0 Å². The predicted molar refractivity (Wildman–Crippen MR) is 102 cm³/mol. The van der Waals surface area contributed by atoms with Crippen molar-refractivity contribution in [3.8, 4) is 0 Å². The summed E-state index contributed by atoms with van der Waals surface area (Å²) in [4.78, 5) is 2.79. The van der Waals surface area contributed by atoms with E-state index in [0.717, 1.165) is 0 Å². The van der Waals surface area contributed by atoms with Crippen LogP contribution >= 0.6 is 16.5 Å². The van der Waals surface area contributed by atoms with Crippen LogP contribution in [0.25, 0.3) is 10.4 Å². The van der Waals surface area contributed by atoms with Crippen LogP contribution in [0.1, 0.15) is 13.8 Å². The second-order valence-corrected chi connectivity index (χ2v) is 10.6. The molecule has 3 heterocycles. The smallest absolute Gasteiger partial charge is 0.177 e. The molecule has 3 saturated heterocycles. The standard InChI is InChI=1S/C15H27N3O8P2/c1-5-9(19)11(21)12(6(2)23-5)25-14-8(17-18-16)10(20)13-7(24-14)4-22-15(26-13)28-27-3/h5-15,19-21,27-28H,4H2,1-3H3/t5-,6?,7?,8?,9?,10+,11-,12+,13+,14-,15?/m0/s1. The Hall–Kier alpha value is -0.150. The van der Waals surface area contributed by atoms with Gasteiger partial charge in [0.15, 0.2) is 12.3 Å². The Labute approximate surface area is 166 Å². The summed E-state index contributed by atoms with van der Waals surface area (Å²) in [5, 5.41) is 34.9. The van der Waals surface area contributed by atoms with Gasteiger partial charge < -0.3 is 39.0 Å². The minimum absolute atomic E-state index is 0.200. The zero-order valence-corrected chi connectivity index (χ0v) is 17.8. The molecule has 13 heteroatoms. The van der Waals surface area contributed by atoms with Crippen molar-refractivity contribution in [3.05, 3.63) is 10.4 Å². The van der Waals surface area contributed by atoms with E-state index < -0.39 is 67.2 Å². The Morgan fingerprint density at radius 3 is 2.50 bits per heavy atom. The van der Waals surface area contributed by atoms with E-state index in [0.29, 0.717) is 16.5 Å². The van der Waals surface area contributed by atoms with Crippen LogP contribution in [0.15, 0.2) is 5.11 Å². The molecule has 0 aliphatic carbocycles. The van der Waals surface area contributed by atoms with E-state index in [1.165, 1.54) is 0 Å². The molecule has 13 atom stereocenters. The quantitative estimate of drug-likeness (QED) is 0.239. The summed E-state index contributed by atoms with van der Waals surface area (Å²) >= 11 is 0. The summed E-state index contributed by atoms with van der Waals surface area (Å²) in [6, 6.07) is -1.51. The summed E-state index contributed by atoms with van der Waals surface area (Å²) in [6.07, 6.45) is -8.06. The summed E-state index contributed by atoms with van der Waals surface area (Å²) in [7, 11) is 1.09. The summed E-state index contributed by atoms with van der Waals surface area (Å²) in [5.74, 6) is 0. The van der Waals surface area contributed by atoms with Crippen molar-refractivity contribution in [2.24, 2.45) is 5.11 Å². The fraction of sp³-hybridized carbons (Fsp3) is 1.00. The average molecular weight is 439 g/mol. The molecule has 11 nitrogen and oxygen atoms in total. The van der Waals surface area contributed by atoms with E-state index in [-0.39, 0.29) is 6.61 Å². The lowest BCUT2D eigenvalue weighted by molar-refractivity contribution is -0.345. The lowest BCUT2D eigenvalue weighted by Gasteiger charge is -2.48. The molecule has 0 bridgehead atoms. The first kappa shape index (κ1) is 22.5. The fourth-order valence-electron chi connectivity index (χ4n) is 3.65. The van der Waals surface area contributed by atoms with Crippen LogP contribution in [0.2, 0.25) is 0 Å². The normalized spacial score (nSPS) is 50.0. The van der Waals surface area contributed by atoms with E-state index in [9.17, 15) is 15.3 Å². The number of fused-ring (bicyclic) bond motifs is 1. The number of nitrogens with zero attached hydrogens (tertiary/aromatic N) is 3. The highest BCUT2D eigenvalue weighted by molar-refractivity contribution is 8.11. The third-order valence-corrected chi connectivity index (χ3v) is 7.53. The van der Waals surface area contributed by atoms with Crippen molar-refractivity contribution in [1.82, 2.24) is 0 Å². The molecule has 3 fully saturated rings. The molecule has 7 unspecified atom stereocenters. The third kappa shape index (κ3) is 4.61. The molecular weight excluding hydrogens is 412 g/mol. The highest BCUT2D eigenvalue weighted by Crippen LogP contribution is 2.43. The zero-order chi connectivity index (χ0) is 20.4. The minimum Gasteiger partial charge on any atom is -0.390 e. The molecule has 0 aromatic rings. The zero-order valence-electron chi connectivity index (χ0n) is 15.8. The van der Waals surface area contributed by atoms with E-state index in [1.807, 2.05) is 6.66 Å². The second kappa shape index (κ2) is 9.77. The Bertz CT molecular complexity index is 585. The van der Waals surface area contributed by atoms with Crippen molar-refractivity contribution in [2.45, 2.75) is 81.0 Å². The Kier molecular flexibility index (Phi) is 7.86. The third-order valence-electron chi connectivity index (χ3n) is 5.13. The number of azide groups is 1. The highest BCUT2D eigenvalue weighted by Gasteiger charge is 2.51. The van der Waals surface area contributed by atoms with Gasteiger partial charge in [-0.25, -0.2) is 0 Å². The lowest BCUT2D eigenvalue weighted by atomic mass is 9.94. The summed E-state index contributed by atoms with van der Waals surface area (Å²) < 4.78 is 28.7. The molecule has 0 radical (unpaired) electrons. The van der Waals surface area contributed by atoms with Gasteiger partial charge in [0.1, 0.15) is 36.6 Å². The minimum atomic E-state index is -1.22. The molecule has 28 heavy (non-hydrogen) atoms. The van der Waals surface area contributed by atoms with Gasteiger partial charge in [-0.1, -0.05) is 13.4 Å². The number of aliphatic hydroxyl groups is 3. The van der Waals surface area contributed by atoms with Crippen LogP contribution in [0.4, 0.5) is 0 Å². The maximum Gasteiger partial charge on any atom is 0.177 e. The van der Waals surface area contributed by atoms with Crippen LogP contribution in [0.5, 0.6) is 0 Å². The Morgan fingerprint density at radius 1 is 1.07 bits per heavy atom. The molecule has 160 valence electrons. The molecular formula is C15H27N3O8P2. The summed E-state index contributed by atoms with van der Waals surface area (Å²) in [5.41, 5.74) is 8.93. The first-order valence-corrected chi connectivity index (χ1v) is 12.7. The van der Waals surface area contributed by atoms with Gasteiger partial charge in [-0.15, -0.1) is 0 Å². The van der Waals surface area contributed by atoms with Gasteiger partial charge in [-0.3, -0.25) is 0 Å². The van der Waals surface area contributed by atoms with E-state index in [1.54, 1.807) is 13.8 Å². The van der Waals surface area contributed by atoms with Crippen LogP contribution in [-0.2, 0) is 23.7 Å². The molecule has 0 aromatic heterocycles. The highest BCUT2D eigenvalue weighted by atomic mass is 32.0. The van der Waals surface area contributed by atoms with Gasteiger partial charge in [-0.2, -0.15) is 0 Å². The molecule has 3 aliphatic heterocycles. The first-order chi connectivity index (χ1) is 13.4. The average Bonchev–Trinajstić information content (AvgIpc) is 2.67. The van der Waals surface area contributed by atoms with E-state index in [4.69, 9.17) is 29.2 Å². The van der Waals surface area contributed by atoms with Gasteiger partial charge >= 0.3 is 0 Å². The first-order valence-electron chi connectivity index (χ1n) is 9.11. The van der Waals surface area contributed by atoms with Gasteiger partial charge in [0.05, 0.1) is 24.9 Å². The lowest BCUT2D eigenvalue weighted by Crippen LogP contribution is -2.64. The molecule has 3 rings (SSSR count). The van der Waals surface area contributed by atoms with Crippen molar-refractivity contribution < 1.29 is 39.0 Å². The maximum absolute atomic E-state index is 10.8. The van der Waals surface area contributed by atoms with Crippen molar-refractivity contribution in [1.29, 1.82) is 0 Å². The Morgan fingerprint density at radius 2 is 1.82 bits per heavy atom. The van der Waals surface area contributed by atoms with Gasteiger partial charge in [0, 0.05) is 4.91 Å². The van der Waals surface area contributed by atoms with E-state index in [2.05, 4.69) is 10.0 Å². The number of hydrogen-bond acceptors (Lipinski definition) is 9. The number of aliphatic hydroxyl groups excluding tert-OH is 3. The molecule has 0 aromatic carbocycles. The van der Waals surface area contributed by atoms with Crippen molar-refractivity contribution in [3.63, 3.8) is 0 Å². The maximum atomic E-state index is 10.8. The van der Waals surface area contributed by atoms with Gasteiger partial charge in [0.25, 0.3) is 0 Å². The molecule has 0 spiro atoms. The Balaban J connectivity index is 1.75. The van der Waals surface area contributed by atoms with Gasteiger partial charge in [0.2, 0.25) is 0 Å². The van der Waals surface area contributed by atoms with E-state index >= 15 is 0 Å². The topological polar surface area (TPSA) is 156 Å². The SMILES string of the molecule is CPPC1OCC2O[C@@H](O[C@@H]3C(C)O[C@@H](C)C(O)[C@@H]3O)C(N=[N+]=[N-])[C@@H](O)[C@@H]2O1. The van der Waals surface area contributed by atoms with Gasteiger partial charge in [-0.05, 0) is 34.3 Å². The largest absolute Gasteiger partial charge is 0.390 e. The van der Waals surface area contributed by atoms with Crippen LogP contribution in [-0.4, -0.2) is 95.8 Å².